The minimum absolute atomic E-state index is 0.322. The lowest BCUT2D eigenvalue weighted by atomic mass is 10.3. The SMILES string of the molecule is NNc1cn2ccnc2c(Nc2cccc(F)c2)n1. The minimum atomic E-state index is -0.322. The van der Waals surface area contributed by atoms with Gasteiger partial charge in [-0.15, -0.1) is 0 Å². The number of aromatic nitrogens is 3. The molecular formula is C12H11FN6. The summed E-state index contributed by atoms with van der Waals surface area (Å²) in [4.78, 5) is 8.45. The van der Waals surface area contributed by atoms with Crippen LogP contribution >= 0.6 is 0 Å². The molecule has 0 aliphatic rings. The van der Waals surface area contributed by atoms with Crippen LogP contribution in [0, 0.1) is 5.82 Å². The summed E-state index contributed by atoms with van der Waals surface area (Å²) in [6, 6.07) is 6.11. The van der Waals surface area contributed by atoms with Crippen molar-refractivity contribution in [3.8, 4) is 0 Å². The molecule has 0 aliphatic carbocycles. The van der Waals surface area contributed by atoms with Crippen molar-refractivity contribution in [3.63, 3.8) is 0 Å². The largest absolute Gasteiger partial charge is 0.337 e. The number of imidazole rings is 1. The fourth-order valence-electron chi connectivity index (χ4n) is 1.79. The number of benzene rings is 1. The standard InChI is InChI=1S/C12H11FN6/c13-8-2-1-3-9(6-8)16-11-12-15-4-5-19(12)7-10(17-11)18-14/h1-7,18H,14H2,(H,16,17). The molecule has 96 valence electrons. The van der Waals surface area contributed by atoms with E-state index < -0.39 is 0 Å². The maximum Gasteiger partial charge on any atom is 0.180 e. The second-order valence-corrected chi connectivity index (χ2v) is 3.91. The van der Waals surface area contributed by atoms with Gasteiger partial charge in [0.25, 0.3) is 0 Å². The van der Waals surface area contributed by atoms with Crippen LogP contribution in [-0.4, -0.2) is 14.4 Å². The molecule has 0 unspecified atom stereocenters. The molecule has 3 aromatic rings. The number of nitrogens with one attached hydrogen (secondary N) is 2. The molecule has 3 rings (SSSR count). The maximum atomic E-state index is 13.2. The molecule has 2 aromatic heterocycles. The van der Waals surface area contributed by atoms with Gasteiger partial charge in [0.05, 0.1) is 6.20 Å². The summed E-state index contributed by atoms with van der Waals surface area (Å²) < 4.78 is 14.9. The van der Waals surface area contributed by atoms with Crippen molar-refractivity contribution >= 4 is 23.0 Å². The lowest BCUT2D eigenvalue weighted by Gasteiger charge is -2.09. The van der Waals surface area contributed by atoms with E-state index in [-0.39, 0.29) is 5.82 Å². The zero-order chi connectivity index (χ0) is 13.2. The Morgan fingerprint density at radius 1 is 1.32 bits per heavy atom. The van der Waals surface area contributed by atoms with Crippen LogP contribution in [0.15, 0.2) is 42.9 Å². The first-order chi connectivity index (χ1) is 9.26. The second kappa shape index (κ2) is 4.54. The molecule has 0 saturated carbocycles. The lowest BCUT2D eigenvalue weighted by Crippen LogP contribution is -2.11. The fraction of sp³-hybridized carbons (Fsp3) is 0. The Labute approximate surface area is 108 Å². The van der Waals surface area contributed by atoms with E-state index in [1.54, 1.807) is 35.1 Å². The average Bonchev–Trinajstić information content (AvgIpc) is 2.87. The molecule has 0 atom stereocenters. The highest BCUT2D eigenvalue weighted by Crippen LogP contribution is 2.21. The van der Waals surface area contributed by atoms with Crippen molar-refractivity contribution in [2.75, 3.05) is 10.7 Å². The number of hydrazine groups is 1. The van der Waals surface area contributed by atoms with E-state index in [0.29, 0.717) is 23.0 Å². The summed E-state index contributed by atoms with van der Waals surface area (Å²) in [6.45, 7) is 0. The first-order valence-corrected chi connectivity index (χ1v) is 5.59. The summed E-state index contributed by atoms with van der Waals surface area (Å²) in [5.41, 5.74) is 3.69. The molecule has 0 bridgehead atoms. The van der Waals surface area contributed by atoms with Crippen LogP contribution in [0.3, 0.4) is 0 Å². The molecule has 4 N–H and O–H groups in total. The van der Waals surface area contributed by atoms with Crippen molar-refractivity contribution < 1.29 is 4.39 Å². The van der Waals surface area contributed by atoms with Gasteiger partial charge in [0.1, 0.15) is 5.82 Å². The van der Waals surface area contributed by atoms with E-state index in [1.807, 2.05) is 0 Å². The van der Waals surface area contributed by atoms with Crippen molar-refractivity contribution in [1.29, 1.82) is 0 Å². The molecule has 0 saturated heterocycles. The average molecular weight is 258 g/mol. The number of rotatable bonds is 3. The van der Waals surface area contributed by atoms with Gasteiger partial charge in [0.2, 0.25) is 0 Å². The summed E-state index contributed by atoms with van der Waals surface area (Å²) in [7, 11) is 0. The number of fused-ring (bicyclic) bond motifs is 1. The summed E-state index contributed by atoms with van der Waals surface area (Å²) in [6.07, 6.45) is 5.13. The Morgan fingerprint density at radius 3 is 3.00 bits per heavy atom. The van der Waals surface area contributed by atoms with Crippen LogP contribution < -0.4 is 16.6 Å². The molecule has 1 aromatic carbocycles. The van der Waals surface area contributed by atoms with Crippen molar-refractivity contribution in [1.82, 2.24) is 14.4 Å². The number of nitrogen functional groups attached to an aromatic ring is 1. The van der Waals surface area contributed by atoms with Crippen LogP contribution in [-0.2, 0) is 0 Å². The monoisotopic (exact) mass is 258 g/mol. The van der Waals surface area contributed by atoms with Gasteiger partial charge >= 0.3 is 0 Å². The molecule has 2 heterocycles. The highest BCUT2D eigenvalue weighted by molar-refractivity contribution is 5.71. The Bertz CT molecular complexity index is 723. The van der Waals surface area contributed by atoms with Crippen molar-refractivity contribution in [2.45, 2.75) is 0 Å². The Hall–Kier alpha value is -2.67. The fourth-order valence-corrected chi connectivity index (χ4v) is 1.79. The summed E-state index contributed by atoms with van der Waals surface area (Å²) >= 11 is 0. The van der Waals surface area contributed by atoms with Gasteiger partial charge in [-0.2, -0.15) is 0 Å². The number of anilines is 3. The molecular weight excluding hydrogens is 247 g/mol. The lowest BCUT2D eigenvalue weighted by molar-refractivity contribution is 0.628. The van der Waals surface area contributed by atoms with Crippen LogP contribution in [0.4, 0.5) is 21.7 Å². The molecule has 19 heavy (non-hydrogen) atoms. The number of halogens is 1. The Morgan fingerprint density at radius 2 is 2.21 bits per heavy atom. The maximum absolute atomic E-state index is 13.2. The predicted octanol–water partition coefficient (Wildman–Crippen LogP) is 1.90. The topological polar surface area (TPSA) is 80.3 Å². The molecule has 7 heteroatoms. The zero-order valence-electron chi connectivity index (χ0n) is 9.84. The van der Waals surface area contributed by atoms with Crippen LogP contribution in [0.1, 0.15) is 0 Å². The molecule has 6 nitrogen and oxygen atoms in total. The minimum Gasteiger partial charge on any atom is -0.337 e. The van der Waals surface area contributed by atoms with E-state index in [9.17, 15) is 4.39 Å². The number of hydrogen-bond acceptors (Lipinski definition) is 5. The molecule has 0 aliphatic heterocycles. The van der Waals surface area contributed by atoms with Crippen molar-refractivity contribution in [2.24, 2.45) is 5.84 Å². The molecule has 0 spiro atoms. The Balaban J connectivity index is 2.06. The van der Waals surface area contributed by atoms with Crippen LogP contribution in [0.2, 0.25) is 0 Å². The van der Waals surface area contributed by atoms with E-state index in [0.717, 1.165) is 0 Å². The second-order valence-electron chi connectivity index (χ2n) is 3.91. The van der Waals surface area contributed by atoms with Crippen LogP contribution in [0.25, 0.3) is 5.65 Å². The van der Waals surface area contributed by atoms with E-state index >= 15 is 0 Å². The Kier molecular flexibility index (Phi) is 2.73. The van der Waals surface area contributed by atoms with E-state index in [2.05, 4.69) is 20.7 Å². The predicted molar refractivity (Wildman–Crippen MR) is 70.5 cm³/mol. The third-order valence-corrected chi connectivity index (χ3v) is 2.61. The van der Waals surface area contributed by atoms with Gasteiger partial charge in [-0.25, -0.2) is 20.2 Å². The highest BCUT2D eigenvalue weighted by atomic mass is 19.1. The smallest absolute Gasteiger partial charge is 0.180 e. The van der Waals surface area contributed by atoms with Gasteiger partial charge in [0.15, 0.2) is 17.3 Å². The van der Waals surface area contributed by atoms with Gasteiger partial charge < -0.3 is 15.1 Å². The van der Waals surface area contributed by atoms with Gasteiger partial charge in [-0.1, -0.05) is 6.07 Å². The normalized spacial score (nSPS) is 10.6. The van der Waals surface area contributed by atoms with E-state index in [4.69, 9.17) is 5.84 Å². The van der Waals surface area contributed by atoms with Crippen LogP contribution in [0.5, 0.6) is 0 Å². The summed E-state index contributed by atoms with van der Waals surface area (Å²) in [5.74, 6) is 6.01. The third kappa shape index (κ3) is 2.18. The van der Waals surface area contributed by atoms with Crippen molar-refractivity contribution in [3.05, 3.63) is 48.7 Å². The van der Waals surface area contributed by atoms with Gasteiger partial charge in [0, 0.05) is 18.1 Å². The number of hydrogen-bond donors (Lipinski definition) is 3. The molecule has 0 fully saturated rings. The zero-order valence-corrected chi connectivity index (χ0v) is 9.84. The number of nitrogens with zero attached hydrogens (tertiary/aromatic N) is 3. The van der Waals surface area contributed by atoms with Gasteiger partial charge in [-0.3, -0.25) is 0 Å². The molecule has 0 radical (unpaired) electrons. The summed E-state index contributed by atoms with van der Waals surface area (Å²) in [5, 5.41) is 3.02. The van der Waals surface area contributed by atoms with Gasteiger partial charge in [-0.05, 0) is 18.2 Å². The first-order valence-electron chi connectivity index (χ1n) is 5.59. The first kappa shape index (κ1) is 11.4. The third-order valence-electron chi connectivity index (χ3n) is 2.61. The van der Waals surface area contributed by atoms with E-state index in [1.165, 1.54) is 12.1 Å². The number of nitrogens with two attached hydrogens (primary N) is 1. The molecule has 0 amide bonds. The quantitative estimate of drug-likeness (QED) is 0.494. The highest BCUT2D eigenvalue weighted by Gasteiger charge is 2.07.